The summed E-state index contributed by atoms with van der Waals surface area (Å²) in [5.41, 5.74) is 3.50. The summed E-state index contributed by atoms with van der Waals surface area (Å²) in [4.78, 5) is 41.7. The zero-order chi connectivity index (χ0) is 23.0. The predicted molar refractivity (Wildman–Crippen MR) is 122 cm³/mol. The van der Waals surface area contributed by atoms with Crippen molar-refractivity contribution < 1.29 is 14.2 Å². The van der Waals surface area contributed by atoms with E-state index in [-0.39, 0.29) is 28.3 Å². The molecule has 1 aromatic carbocycles. The van der Waals surface area contributed by atoms with Crippen molar-refractivity contribution in [3.8, 4) is 5.69 Å². The Morgan fingerprint density at radius 3 is 2.19 bits per heavy atom. The molecule has 0 fully saturated rings. The summed E-state index contributed by atoms with van der Waals surface area (Å²) < 4.78 is 3.12. The number of aromatic nitrogens is 3. The maximum Gasteiger partial charge on any atom is 0.326 e. The molecule has 2 amide bonds. The van der Waals surface area contributed by atoms with Gasteiger partial charge in [-0.25, -0.2) is 4.68 Å². The summed E-state index contributed by atoms with van der Waals surface area (Å²) in [6.45, 7) is 8.00. The minimum atomic E-state index is -0.426. The number of pyridine rings is 1. The molecule has 7 heteroatoms. The van der Waals surface area contributed by atoms with E-state index in [1.807, 2.05) is 76.5 Å². The quantitative estimate of drug-likeness (QED) is 0.482. The van der Waals surface area contributed by atoms with Gasteiger partial charge >= 0.3 is 5.91 Å². The van der Waals surface area contributed by atoms with Gasteiger partial charge in [0.15, 0.2) is 12.4 Å². The molecular weight excluding hydrogens is 404 g/mol. The molecule has 0 bridgehead atoms. The summed E-state index contributed by atoms with van der Waals surface area (Å²) in [7, 11) is 0. The molecule has 2 aromatic heterocycles. The Morgan fingerprint density at radius 2 is 1.59 bits per heavy atom. The van der Waals surface area contributed by atoms with E-state index in [1.165, 1.54) is 9.58 Å². The van der Waals surface area contributed by atoms with Crippen LogP contribution in [-0.2, 0) is 16.0 Å². The average molecular weight is 432 g/mol. The summed E-state index contributed by atoms with van der Waals surface area (Å²) >= 11 is 0. The number of H-pyrrole nitrogens is 1. The fourth-order valence-electron chi connectivity index (χ4n) is 4.25. The third-order valence-electron chi connectivity index (χ3n) is 5.57. The van der Waals surface area contributed by atoms with Crippen LogP contribution in [0.5, 0.6) is 0 Å². The Kier molecular flexibility index (Phi) is 5.65. The van der Waals surface area contributed by atoms with Gasteiger partial charge < -0.3 is 0 Å². The normalized spacial score (nSPS) is 14.1. The number of hydrogen-bond acceptors (Lipinski definition) is 3. The lowest BCUT2D eigenvalue weighted by molar-refractivity contribution is -0.577. The molecule has 0 unspecified atom stereocenters. The third kappa shape index (κ3) is 3.49. The van der Waals surface area contributed by atoms with E-state index in [0.717, 1.165) is 11.1 Å². The molecule has 0 saturated carbocycles. The SMILES string of the molecule is CCCN1C(=O)C(c2c(CC)[nH]n(-c3ccccc3)c2=O)=C([n+]2cc(C)cc(C)c2)C1=O. The number of benzene rings is 1. The number of imide groups is 1. The number of amides is 2. The van der Waals surface area contributed by atoms with Gasteiger partial charge in [-0.3, -0.25) is 24.4 Å². The highest BCUT2D eigenvalue weighted by atomic mass is 16.2. The molecule has 1 aliphatic heterocycles. The van der Waals surface area contributed by atoms with E-state index < -0.39 is 5.91 Å². The van der Waals surface area contributed by atoms with Crippen molar-refractivity contribution in [1.82, 2.24) is 14.7 Å². The van der Waals surface area contributed by atoms with Gasteiger partial charge in [0.2, 0.25) is 0 Å². The van der Waals surface area contributed by atoms with Gasteiger partial charge in [-0.1, -0.05) is 32.0 Å². The second-order valence-electron chi connectivity index (χ2n) is 8.08. The number of nitrogens with one attached hydrogen (secondary N) is 1. The van der Waals surface area contributed by atoms with E-state index in [9.17, 15) is 14.4 Å². The number of nitrogens with zero attached hydrogens (tertiary/aromatic N) is 3. The highest BCUT2D eigenvalue weighted by Crippen LogP contribution is 2.30. The molecule has 1 N–H and O–H groups in total. The van der Waals surface area contributed by atoms with Crippen LogP contribution in [0.2, 0.25) is 0 Å². The van der Waals surface area contributed by atoms with Crippen LogP contribution < -0.4 is 10.1 Å². The highest BCUT2D eigenvalue weighted by Gasteiger charge is 2.47. The van der Waals surface area contributed by atoms with Crippen molar-refractivity contribution in [2.45, 2.75) is 40.5 Å². The summed E-state index contributed by atoms with van der Waals surface area (Å²) in [5.74, 6) is -0.805. The minimum Gasteiger partial charge on any atom is -0.294 e. The number of hydrogen-bond donors (Lipinski definition) is 1. The largest absolute Gasteiger partial charge is 0.326 e. The van der Waals surface area contributed by atoms with Crippen molar-refractivity contribution in [2.24, 2.45) is 0 Å². The van der Waals surface area contributed by atoms with Crippen molar-refractivity contribution in [3.63, 3.8) is 0 Å². The molecule has 164 valence electrons. The summed E-state index contributed by atoms with van der Waals surface area (Å²) in [5, 5.41) is 3.15. The topological polar surface area (TPSA) is 79.1 Å². The zero-order valence-corrected chi connectivity index (χ0v) is 18.8. The summed E-state index contributed by atoms with van der Waals surface area (Å²) in [6, 6.07) is 11.2. The Morgan fingerprint density at radius 1 is 0.938 bits per heavy atom. The van der Waals surface area contributed by atoms with Crippen LogP contribution in [0.25, 0.3) is 17.0 Å². The zero-order valence-electron chi connectivity index (χ0n) is 18.8. The van der Waals surface area contributed by atoms with Gasteiger partial charge in [0.1, 0.15) is 5.57 Å². The molecule has 0 radical (unpaired) electrons. The van der Waals surface area contributed by atoms with Gasteiger partial charge in [0.05, 0.1) is 11.3 Å². The van der Waals surface area contributed by atoms with E-state index in [2.05, 4.69) is 5.10 Å². The Balaban J connectivity index is 2.03. The lowest BCUT2D eigenvalue weighted by Gasteiger charge is -2.11. The number of carbonyl (C=O) groups excluding carboxylic acids is 2. The first kappa shape index (κ1) is 21.5. The molecule has 3 aromatic rings. The van der Waals surface area contributed by atoms with Gasteiger partial charge in [-0.05, 0) is 44.9 Å². The fraction of sp³-hybridized carbons (Fsp3) is 0.280. The van der Waals surface area contributed by atoms with Gasteiger partial charge in [-0.15, -0.1) is 0 Å². The van der Waals surface area contributed by atoms with Crippen LogP contribution in [-0.4, -0.2) is 33.0 Å². The number of aromatic amines is 1. The van der Waals surface area contributed by atoms with Crippen LogP contribution >= 0.6 is 0 Å². The van der Waals surface area contributed by atoms with Crippen LogP contribution in [0.15, 0.2) is 53.6 Å². The predicted octanol–water partition coefficient (Wildman–Crippen LogP) is 2.78. The lowest BCUT2D eigenvalue weighted by atomic mass is 10.0. The molecule has 0 saturated heterocycles. The third-order valence-corrected chi connectivity index (χ3v) is 5.57. The number of carbonyl (C=O) groups is 2. The standard InChI is InChI=1S/C25H26N4O3/c1-5-12-28-23(30)21(22(25(28)32)27-14-16(3)13-17(4)15-27)20-19(6-2)26-29(24(20)31)18-10-8-7-9-11-18/h7-11,13-15H,5-6,12H2,1-4H3/p+1. The van der Waals surface area contributed by atoms with Gasteiger partial charge in [0, 0.05) is 23.4 Å². The number of para-hydroxylation sites is 1. The van der Waals surface area contributed by atoms with Crippen LogP contribution in [0.4, 0.5) is 0 Å². The molecule has 1 aliphatic rings. The molecule has 4 rings (SSSR count). The second-order valence-corrected chi connectivity index (χ2v) is 8.08. The first-order valence-electron chi connectivity index (χ1n) is 10.9. The lowest BCUT2D eigenvalue weighted by Crippen LogP contribution is -2.40. The van der Waals surface area contributed by atoms with E-state index in [0.29, 0.717) is 30.8 Å². The summed E-state index contributed by atoms with van der Waals surface area (Å²) in [6.07, 6.45) is 4.78. The highest BCUT2D eigenvalue weighted by molar-refractivity contribution is 6.44. The molecule has 32 heavy (non-hydrogen) atoms. The molecule has 3 heterocycles. The number of rotatable bonds is 6. The molecule has 0 spiro atoms. The fourth-order valence-corrected chi connectivity index (χ4v) is 4.25. The van der Waals surface area contributed by atoms with Gasteiger partial charge in [-0.2, -0.15) is 4.57 Å². The van der Waals surface area contributed by atoms with E-state index >= 15 is 0 Å². The first-order valence-corrected chi connectivity index (χ1v) is 10.9. The van der Waals surface area contributed by atoms with Crippen molar-refractivity contribution in [1.29, 1.82) is 0 Å². The van der Waals surface area contributed by atoms with E-state index in [1.54, 1.807) is 4.57 Å². The Bertz CT molecular complexity index is 1280. The minimum absolute atomic E-state index is 0.159. The smallest absolute Gasteiger partial charge is 0.294 e. The molecule has 7 nitrogen and oxygen atoms in total. The van der Waals surface area contributed by atoms with Crippen LogP contribution in [0, 0.1) is 13.8 Å². The van der Waals surface area contributed by atoms with Crippen molar-refractivity contribution >= 4 is 23.1 Å². The van der Waals surface area contributed by atoms with Crippen molar-refractivity contribution in [2.75, 3.05) is 6.54 Å². The molecule has 0 atom stereocenters. The monoisotopic (exact) mass is 431 g/mol. The molecular formula is C25H27N4O3+. The van der Waals surface area contributed by atoms with E-state index in [4.69, 9.17) is 0 Å². The average Bonchev–Trinajstić information content (AvgIpc) is 3.22. The van der Waals surface area contributed by atoms with Crippen LogP contribution in [0.1, 0.15) is 42.7 Å². The first-order chi connectivity index (χ1) is 15.4. The Labute approximate surface area is 186 Å². The second kappa shape index (κ2) is 8.42. The maximum absolute atomic E-state index is 13.6. The van der Waals surface area contributed by atoms with Gasteiger partial charge in [0.25, 0.3) is 17.2 Å². The van der Waals surface area contributed by atoms with Crippen molar-refractivity contribution in [3.05, 3.63) is 81.5 Å². The van der Waals surface area contributed by atoms with Crippen LogP contribution in [0.3, 0.4) is 0 Å². The number of aryl methyl sites for hydroxylation is 3. The Hall–Kier alpha value is -3.74. The maximum atomic E-state index is 13.6. The molecule has 0 aliphatic carbocycles.